The first-order valence-corrected chi connectivity index (χ1v) is 3.86. The van der Waals surface area contributed by atoms with Gasteiger partial charge in [-0.15, -0.1) is 0 Å². The fourth-order valence-corrected chi connectivity index (χ4v) is 0.929. The molecule has 55 valence electrons. The SMILES string of the molecule is CCc1[c]cc(CC)cc1.[NaH]. The molecule has 1 rings (SSSR count). The molecule has 0 atom stereocenters. The van der Waals surface area contributed by atoms with Crippen LogP contribution in [0.15, 0.2) is 18.2 Å². The summed E-state index contributed by atoms with van der Waals surface area (Å²) in [5, 5.41) is 0. The van der Waals surface area contributed by atoms with E-state index >= 15 is 0 Å². The first kappa shape index (κ1) is 11.2. The van der Waals surface area contributed by atoms with Crippen molar-refractivity contribution in [2.75, 3.05) is 0 Å². The van der Waals surface area contributed by atoms with Crippen LogP contribution in [0.2, 0.25) is 0 Å². The van der Waals surface area contributed by atoms with Crippen molar-refractivity contribution in [1.82, 2.24) is 0 Å². The maximum atomic E-state index is 3.24. The molecule has 0 nitrogen and oxygen atoms in total. The van der Waals surface area contributed by atoms with E-state index in [2.05, 4.69) is 38.1 Å². The summed E-state index contributed by atoms with van der Waals surface area (Å²) >= 11 is 0. The van der Waals surface area contributed by atoms with Crippen LogP contribution >= 0.6 is 0 Å². The zero-order chi connectivity index (χ0) is 7.40. The summed E-state index contributed by atoms with van der Waals surface area (Å²) in [5.74, 6) is 0. The Morgan fingerprint density at radius 1 is 1.18 bits per heavy atom. The summed E-state index contributed by atoms with van der Waals surface area (Å²) in [7, 11) is 0. The predicted molar refractivity (Wildman–Crippen MR) is 51.2 cm³/mol. The molecule has 0 aromatic heterocycles. The molecule has 1 heteroatoms. The van der Waals surface area contributed by atoms with E-state index in [9.17, 15) is 0 Å². The van der Waals surface area contributed by atoms with E-state index in [0.717, 1.165) is 12.8 Å². The first-order valence-electron chi connectivity index (χ1n) is 3.86. The van der Waals surface area contributed by atoms with E-state index in [0.29, 0.717) is 0 Å². The second-order valence-electron chi connectivity index (χ2n) is 2.43. The van der Waals surface area contributed by atoms with Crippen molar-refractivity contribution in [3.05, 3.63) is 35.4 Å². The van der Waals surface area contributed by atoms with E-state index in [1.807, 2.05) is 0 Å². The monoisotopic (exact) mass is 157 g/mol. The fraction of sp³-hybridized carbons (Fsp3) is 0.400. The van der Waals surface area contributed by atoms with Crippen LogP contribution in [-0.4, -0.2) is 29.6 Å². The van der Waals surface area contributed by atoms with Crippen LogP contribution in [0.1, 0.15) is 25.0 Å². The average Bonchev–Trinajstić information content (AvgIpc) is 2.05. The van der Waals surface area contributed by atoms with E-state index < -0.39 is 0 Å². The van der Waals surface area contributed by atoms with E-state index in [1.165, 1.54) is 11.1 Å². The van der Waals surface area contributed by atoms with Gasteiger partial charge in [-0.2, -0.15) is 0 Å². The Morgan fingerprint density at radius 2 is 1.91 bits per heavy atom. The third-order valence-electron chi connectivity index (χ3n) is 1.73. The number of hydrogen-bond donors (Lipinski definition) is 0. The van der Waals surface area contributed by atoms with E-state index in [-0.39, 0.29) is 29.6 Å². The van der Waals surface area contributed by atoms with Crippen molar-refractivity contribution >= 4 is 29.6 Å². The minimum absolute atomic E-state index is 0. The zero-order valence-electron chi connectivity index (χ0n) is 6.65. The predicted octanol–water partition coefficient (Wildman–Crippen LogP) is 1.96. The zero-order valence-corrected chi connectivity index (χ0v) is 6.65. The molecule has 0 saturated carbocycles. The van der Waals surface area contributed by atoms with Gasteiger partial charge in [-0.3, -0.25) is 0 Å². The second-order valence-corrected chi connectivity index (χ2v) is 2.43. The topological polar surface area (TPSA) is 0 Å². The van der Waals surface area contributed by atoms with Gasteiger partial charge in [0.1, 0.15) is 0 Å². The summed E-state index contributed by atoms with van der Waals surface area (Å²) in [6.07, 6.45) is 2.20. The quantitative estimate of drug-likeness (QED) is 0.576. The Labute approximate surface area is 91.3 Å². The van der Waals surface area contributed by atoms with Crippen LogP contribution in [0.5, 0.6) is 0 Å². The van der Waals surface area contributed by atoms with Crippen molar-refractivity contribution in [3.63, 3.8) is 0 Å². The molecule has 0 aliphatic heterocycles. The van der Waals surface area contributed by atoms with Crippen LogP contribution < -0.4 is 0 Å². The first-order chi connectivity index (χ1) is 4.86. The molecule has 0 fully saturated rings. The molecule has 0 bridgehead atoms. The van der Waals surface area contributed by atoms with Gasteiger partial charge in [-0.25, -0.2) is 0 Å². The maximum absolute atomic E-state index is 3.24. The number of rotatable bonds is 2. The average molecular weight is 157 g/mol. The number of hydrogen-bond acceptors (Lipinski definition) is 0. The molecule has 1 aromatic rings. The molecule has 0 spiro atoms. The van der Waals surface area contributed by atoms with Crippen molar-refractivity contribution in [2.45, 2.75) is 26.7 Å². The molecule has 0 N–H and O–H groups in total. The van der Waals surface area contributed by atoms with E-state index in [1.54, 1.807) is 0 Å². The third-order valence-corrected chi connectivity index (χ3v) is 1.73. The van der Waals surface area contributed by atoms with Crippen molar-refractivity contribution in [3.8, 4) is 0 Å². The van der Waals surface area contributed by atoms with Crippen LogP contribution in [0.3, 0.4) is 0 Å². The van der Waals surface area contributed by atoms with Gasteiger partial charge in [0.25, 0.3) is 0 Å². The molecule has 0 aliphatic rings. The Balaban J connectivity index is 0.000001000. The van der Waals surface area contributed by atoms with Gasteiger partial charge in [0.15, 0.2) is 0 Å². The van der Waals surface area contributed by atoms with Gasteiger partial charge in [0, 0.05) is 0 Å². The van der Waals surface area contributed by atoms with Crippen molar-refractivity contribution in [2.24, 2.45) is 0 Å². The second kappa shape index (κ2) is 5.82. The van der Waals surface area contributed by atoms with Crippen LogP contribution in [0, 0.1) is 6.07 Å². The van der Waals surface area contributed by atoms with Gasteiger partial charge < -0.3 is 0 Å². The molecule has 0 unspecified atom stereocenters. The molecule has 11 heavy (non-hydrogen) atoms. The van der Waals surface area contributed by atoms with Crippen molar-refractivity contribution in [1.29, 1.82) is 0 Å². The molecule has 0 saturated heterocycles. The Kier molecular flexibility index (Phi) is 5.93. The van der Waals surface area contributed by atoms with Gasteiger partial charge >= 0.3 is 29.6 Å². The summed E-state index contributed by atoms with van der Waals surface area (Å²) in [5.41, 5.74) is 2.68. The molecule has 0 heterocycles. The molecule has 1 aromatic carbocycles. The van der Waals surface area contributed by atoms with Gasteiger partial charge in [-0.1, -0.05) is 32.0 Å². The van der Waals surface area contributed by atoms with E-state index in [4.69, 9.17) is 0 Å². The number of benzene rings is 1. The van der Waals surface area contributed by atoms with Crippen LogP contribution in [-0.2, 0) is 12.8 Å². The molecule has 0 aliphatic carbocycles. The van der Waals surface area contributed by atoms with Crippen LogP contribution in [0.25, 0.3) is 0 Å². The summed E-state index contributed by atoms with van der Waals surface area (Å²) in [6, 6.07) is 9.65. The van der Waals surface area contributed by atoms with Gasteiger partial charge in [-0.05, 0) is 30.0 Å². The standard InChI is InChI=1S/C10H13.Na.H/c1-3-9-5-7-10(4-2)8-6-9;;/h5-7H,3-4H2,1-2H3;;. The van der Waals surface area contributed by atoms with Gasteiger partial charge in [0.2, 0.25) is 0 Å². The Morgan fingerprint density at radius 3 is 2.27 bits per heavy atom. The van der Waals surface area contributed by atoms with Crippen molar-refractivity contribution < 1.29 is 0 Å². The molecule has 0 amide bonds. The Bertz CT molecular complexity index is 166. The number of aryl methyl sites for hydroxylation is 2. The fourth-order valence-electron chi connectivity index (χ4n) is 0.929. The van der Waals surface area contributed by atoms with Gasteiger partial charge in [0.05, 0.1) is 0 Å². The minimum atomic E-state index is 0. The molecule has 1 radical (unpaired) electrons. The third kappa shape index (κ3) is 3.42. The van der Waals surface area contributed by atoms with Crippen LogP contribution in [0.4, 0.5) is 0 Å². The molecular weight excluding hydrogens is 143 g/mol. The molecular formula is C10H14Na. The summed E-state index contributed by atoms with van der Waals surface area (Å²) in [6.45, 7) is 4.31. The Hall–Kier alpha value is 0.220. The normalized spacial score (nSPS) is 8.91. The summed E-state index contributed by atoms with van der Waals surface area (Å²) in [4.78, 5) is 0. The summed E-state index contributed by atoms with van der Waals surface area (Å²) < 4.78 is 0.